The normalized spacial score (nSPS) is 11.5. The minimum Gasteiger partial charge on any atom is -0.435 e. The highest BCUT2D eigenvalue weighted by Gasteiger charge is 2.15. The van der Waals surface area contributed by atoms with E-state index in [2.05, 4.69) is 14.9 Å². The molecule has 10 heteroatoms. The minimum absolute atomic E-state index is 0.0356. The molecule has 3 aromatic carbocycles. The van der Waals surface area contributed by atoms with E-state index >= 15 is 0 Å². The van der Waals surface area contributed by atoms with Crippen LogP contribution >= 0.6 is 11.8 Å². The first kappa shape index (κ1) is 21.0. The summed E-state index contributed by atoms with van der Waals surface area (Å²) in [5.74, 6) is 7.00. The number of halogens is 2. The number of alkyl halides is 2. The summed E-state index contributed by atoms with van der Waals surface area (Å²) >= 11 is 1.32. The molecule has 7 nitrogen and oxygen atoms in total. The average molecular weight is 466 g/mol. The van der Waals surface area contributed by atoms with Crippen LogP contribution in [-0.4, -0.2) is 21.5 Å². The summed E-state index contributed by atoms with van der Waals surface area (Å²) in [6.07, 6.45) is 0. The molecule has 5 rings (SSSR count). The Bertz CT molecular complexity index is 1520. The van der Waals surface area contributed by atoms with Gasteiger partial charge in [0.1, 0.15) is 11.3 Å². The van der Waals surface area contributed by atoms with Crippen molar-refractivity contribution in [2.75, 3.05) is 5.84 Å². The van der Waals surface area contributed by atoms with Crippen LogP contribution in [0.3, 0.4) is 0 Å². The smallest absolute Gasteiger partial charge is 0.387 e. The second-order valence-corrected chi connectivity index (χ2v) is 8.06. The highest BCUT2D eigenvalue weighted by Crippen LogP contribution is 2.32. The predicted octanol–water partition coefficient (Wildman–Crippen LogP) is 4.81. The third-order valence-corrected chi connectivity index (χ3v) is 6.07. The van der Waals surface area contributed by atoms with E-state index in [-0.39, 0.29) is 5.75 Å². The van der Waals surface area contributed by atoms with Crippen molar-refractivity contribution >= 4 is 33.5 Å². The molecule has 2 aromatic heterocycles. The number of benzene rings is 3. The topological polar surface area (TPSA) is 96.2 Å². The van der Waals surface area contributed by atoms with Crippen LogP contribution < -0.4 is 16.2 Å². The van der Waals surface area contributed by atoms with Gasteiger partial charge in [-0.15, -0.1) is 10.2 Å². The van der Waals surface area contributed by atoms with Crippen LogP contribution in [0.5, 0.6) is 5.75 Å². The number of hydrogen-bond acceptors (Lipinski definition) is 7. The molecule has 0 saturated carbocycles. The van der Waals surface area contributed by atoms with E-state index in [1.165, 1.54) is 34.6 Å². The monoisotopic (exact) mass is 466 g/mol. The van der Waals surface area contributed by atoms with Crippen molar-refractivity contribution in [3.8, 4) is 17.1 Å². The number of hydrogen-bond donors (Lipinski definition) is 1. The van der Waals surface area contributed by atoms with E-state index in [4.69, 9.17) is 10.3 Å². The van der Waals surface area contributed by atoms with Crippen molar-refractivity contribution in [2.45, 2.75) is 17.5 Å². The van der Waals surface area contributed by atoms with Crippen molar-refractivity contribution in [2.24, 2.45) is 0 Å². The lowest BCUT2D eigenvalue weighted by Crippen LogP contribution is -2.11. The molecule has 0 bridgehead atoms. The van der Waals surface area contributed by atoms with Gasteiger partial charge in [0.05, 0.1) is 0 Å². The number of rotatable bonds is 6. The number of thioether (sulfide) groups is 1. The third kappa shape index (κ3) is 4.12. The van der Waals surface area contributed by atoms with Gasteiger partial charge < -0.3 is 15.0 Å². The fourth-order valence-corrected chi connectivity index (χ4v) is 4.47. The Balaban J connectivity index is 1.44. The van der Waals surface area contributed by atoms with Gasteiger partial charge in [0.2, 0.25) is 5.16 Å². The Morgan fingerprint density at radius 2 is 1.85 bits per heavy atom. The second kappa shape index (κ2) is 8.55. The van der Waals surface area contributed by atoms with Crippen molar-refractivity contribution in [1.29, 1.82) is 0 Å². The molecule has 0 aliphatic carbocycles. The highest BCUT2D eigenvalue weighted by molar-refractivity contribution is 7.98. The standard InChI is InChI=1S/C23H16F2N4O3S/c24-22(25)31-16-8-5-14(6-9-16)21-27-28-23(29(21)26)33-12-15-11-19(30)32-18-10-7-13-3-1-2-4-17(13)20(15)18/h1-11,22H,12,26H2. The van der Waals surface area contributed by atoms with Crippen molar-refractivity contribution in [3.05, 3.63) is 82.7 Å². The maximum atomic E-state index is 12.3. The lowest BCUT2D eigenvalue weighted by atomic mass is 10.0. The molecule has 0 aliphatic rings. The van der Waals surface area contributed by atoms with Crippen LogP contribution in [0.15, 0.2) is 81.1 Å². The average Bonchev–Trinajstić information content (AvgIpc) is 3.17. The largest absolute Gasteiger partial charge is 0.435 e. The van der Waals surface area contributed by atoms with Gasteiger partial charge in [-0.1, -0.05) is 42.1 Å². The number of nitrogen functional groups attached to an aromatic ring is 1. The predicted molar refractivity (Wildman–Crippen MR) is 122 cm³/mol. The van der Waals surface area contributed by atoms with E-state index in [0.29, 0.717) is 27.9 Å². The molecule has 0 unspecified atom stereocenters. The van der Waals surface area contributed by atoms with Crippen LogP contribution in [0.2, 0.25) is 0 Å². The van der Waals surface area contributed by atoms with Crippen molar-refractivity contribution in [3.63, 3.8) is 0 Å². The zero-order valence-electron chi connectivity index (χ0n) is 16.9. The fourth-order valence-electron chi connectivity index (χ4n) is 3.63. The van der Waals surface area contributed by atoms with E-state index < -0.39 is 12.2 Å². The maximum Gasteiger partial charge on any atom is 0.387 e. The molecule has 5 aromatic rings. The van der Waals surface area contributed by atoms with Gasteiger partial charge >= 0.3 is 12.2 Å². The molecule has 2 heterocycles. The summed E-state index contributed by atoms with van der Waals surface area (Å²) in [5, 5.41) is 11.6. The second-order valence-electron chi connectivity index (χ2n) is 7.12. The van der Waals surface area contributed by atoms with Gasteiger partial charge in [-0.05, 0) is 46.7 Å². The molecular formula is C23H16F2N4O3S. The summed E-state index contributed by atoms with van der Waals surface area (Å²) < 4.78 is 35.8. The molecule has 0 fully saturated rings. The first-order chi connectivity index (χ1) is 16.0. The zero-order valence-corrected chi connectivity index (χ0v) is 17.8. The maximum absolute atomic E-state index is 12.3. The molecule has 0 amide bonds. The number of nitrogens with zero attached hydrogens (tertiary/aromatic N) is 3. The molecule has 0 saturated heterocycles. The quantitative estimate of drug-likeness (QED) is 0.166. The molecule has 166 valence electrons. The Morgan fingerprint density at radius 3 is 2.64 bits per heavy atom. The molecular weight excluding hydrogens is 450 g/mol. The van der Waals surface area contributed by atoms with E-state index in [1.807, 2.05) is 30.3 Å². The van der Waals surface area contributed by atoms with Gasteiger partial charge in [-0.3, -0.25) is 0 Å². The van der Waals surface area contributed by atoms with Crippen LogP contribution in [0, 0.1) is 0 Å². The Labute approximate surface area is 189 Å². The van der Waals surface area contributed by atoms with Gasteiger partial charge in [0.15, 0.2) is 5.82 Å². The Hall–Kier alpha value is -3.92. The number of aromatic nitrogens is 3. The summed E-state index contributed by atoms with van der Waals surface area (Å²) in [5.41, 5.74) is 1.46. The van der Waals surface area contributed by atoms with Crippen LogP contribution in [0.1, 0.15) is 5.56 Å². The number of ether oxygens (including phenoxy) is 1. The van der Waals surface area contributed by atoms with Gasteiger partial charge in [-0.2, -0.15) is 8.78 Å². The fraction of sp³-hybridized carbons (Fsp3) is 0.0870. The van der Waals surface area contributed by atoms with Crippen LogP contribution in [0.4, 0.5) is 8.78 Å². The van der Waals surface area contributed by atoms with Gasteiger partial charge in [-0.25, -0.2) is 9.47 Å². The van der Waals surface area contributed by atoms with E-state index in [0.717, 1.165) is 21.7 Å². The van der Waals surface area contributed by atoms with Crippen molar-refractivity contribution < 1.29 is 17.9 Å². The van der Waals surface area contributed by atoms with E-state index in [9.17, 15) is 13.6 Å². The molecule has 33 heavy (non-hydrogen) atoms. The molecule has 0 atom stereocenters. The summed E-state index contributed by atoms with van der Waals surface area (Å²) in [4.78, 5) is 12.1. The van der Waals surface area contributed by atoms with Gasteiger partial charge in [0, 0.05) is 22.8 Å². The van der Waals surface area contributed by atoms with Crippen molar-refractivity contribution in [1.82, 2.24) is 14.9 Å². The molecule has 2 N–H and O–H groups in total. The Morgan fingerprint density at radius 1 is 1.06 bits per heavy atom. The lowest BCUT2D eigenvalue weighted by molar-refractivity contribution is -0.0498. The molecule has 0 spiro atoms. The van der Waals surface area contributed by atoms with Crippen LogP contribution in [-0.2, 0) is 5.75 Å². The number of fused-ring (bicyclic) bond motifs is 3. The summed E-state index contributed by atoms with van der Waals surface area (Å²) in [6.45, 7) is -2.90. The molecule has 0 aliphatic heterocycles. The first-order valence-electron chi connectivity index (χ1n) is 9.82. The minimum atomic E-state index is -2.90. The molecule has 0 radical (unpaired) electrons. The SMILES string of the molecule is Nn1c(SCc2cc(=O)oc3ccc4ccccc4c23)nnc1-c1ccc(OC(F)F)cc1. The Kier molecular flexibility index (Phi) is 5.43. The summed E-state index contributed by atoms with van der Waals surface area (Å²) in [6, 6.07) is 19.0. The van der Waals surface area contributed by atoms with E-state index in [1.54, 1.807) is 18.2 Å². The zero-order chi connectivity index (χ0) is 22.9. The third-order valence-electron chi connectivity index (χ3n) is 5.07. The lowest BCUT2D eigenvalue weighted by Gasteiger charge is -2.09. The summed E-state index contributed by atoms with van der Waals surface area (Å²) in [7, 11) is 0. The van der Waals surface area contributed by atoms with Gasteiger partial charge in [0.25, 0.3) is 0 Å². The van der Waals surface area contributed by atoms with Crippen LogP contribution in [0.25, 0.3) is 33.1 Å². The highest BCUT2D eigenvalue weighted by atomic mass is 32.2. The first-order valence-corrected chi connectivity index (χ1v) is 10.8. The number of nitrogens with two attached hydrogens (primary N) is 1.